The number of rotatable bonds is 3. The largest absolute Gasteiger partial charge is 0.319 e. The van der Waals surface area contributed by atoms with Crippen molar-refractivity contribution in [1.29, 1.82) is 0 Å². The third-order valence-corrected chi connectivity index (χ3v) is 5.45. The van der Waals surface area contributed by atoms with Crippen molar-refractivity contribution < 1.29 is 8.42 Å². The predicted molar refractivity (Wildman–Crippen MR) is 63.7 cm³/mol. The topological polar surface area (TPSA) is 68.1 Å². The summed E-state index contributed by atoms with van der Waals surface area (Å²) in [7, 11) is -1.38. The molecule has 0 bridgehead atoms. The summed E-state index contributed by atoms with van der Waals surface area (Å²) in [6.45, 7) is 4.00. The van der Waals surface area contributed by atoms with Gasteiger partial charge in [0.25, 0.3) is 0 Å². The Balaban J connectivity index is 2.34. The van der Waals surface area contributed by atoms with Crippen LogP contribution in [0.2, 0.25) is 0 Å². The Kier molecular flexibility index (Phi) is 3.22. The molecule has 6 nitrogen and oxygen atoms in total. The second kappa shape index (κ2) is 4.38. The van der Waals surface area contributed by atoms with E-state index in [0.717, 1.165) is 18.7 Å². The molecule has 1 aliphatic rings. The highest BCUT2D eigenvalue weighted by Gasteiger charge is 2.38. The SMILES string of the molecule is CC(C)S(=O)(=O)N1CCCC1c1nncn1C. The first-order valence-electron chi connectivity index (χ1n) is 5.79. The molecule has 1 aromatic rings. The van der Waals surface area contributed by atoms with Crippen LogP contribution in [-0.2, 0) is 17.1 Å². The van der Waals surface area contributed by atoms with Gasteiger partial charge in [0.1, 0.15) is 6.33 Å². The van der Waals surface area contributed by atoms with E-state index >= 15 is 0 Å². The van der Waals surface area contributed by atoms with E-state index in [9.17, 15) is 8.42 Å². The van der Waals surface area contributed by atoms with Crippen molar-refractivity contribution >= 4 is 10.0 Å². The molecule has 0 amide bonds. The van der Waals surface area contributed by atoms with Gasteiger partial charge in [-0.25, -0.2) is 8.42 Å². The first-order valence-corrected chi connectivity index (χ1v) is 7.29. The quantitative estimate of drug-likeness (QED) is 0.800. The maximum atomic E-state index is 12.2. The second-order valence-corrected chi connectivity index (χ2v) is 7.10. The number of aromatic nitrogens is 3. The maximum absolute atomic E-state index is 12.2. The molecule has 17 heavy (non-hydrogen) atoms. The summed E-state index contributed by atoms with van der Waals surface area (Å²) >= 11 is 0. The van der Waals surface area contributed by atoms with Gasteiger partial charge in [-0.05, 0) is 26.7 Å². The summed E-state index contributed by atoms with van der Waals surface area (Å²) in [4.78, 5) is 0. The van der Waals surface area contributed by atoms with Crippen molar-refractivity contribution in [3.63, 3.8) is 0 Å². The molecule has 1 aromatic heterocycles. The van der Waals surface area contributed by atoms with Crippen LogP contribution in [-0.4, -0.2) is 39.3 Å². The lowest BCUT2D eigenvalue weighted by Gasteiger charge is -2.25. The van der Waals surface area contributed by atoms with E-state index in [4.69, 9.17) is 0 Å². The average Bonchev–Trinajstić information content (AvgIpc) is 2.84. The van der Waals surface area contributed by atoms with Crippen LogP contribution in [0.3, 0.4) is 0 Å². The molecule has 1 atom stereocenters. The Morgan fingerprint density at radius 3 is 2.71 bits per heavy atom. The van der Waals surface area contributed by atoms with E-state index < -0.39 is 15.3 Å². The first kappa shape index (κ1) is 12.5. The van der Waals surface area contributed by atoms with Gasteiger partial charge in [-0.3, -0.25) is 0 Å². The average molecular weight is 258 g/mol. The van der Waals surface area contributed by atoms with Crippen LogP contribution in [0.1, 0.15) is 38.6 Å². The minimum absolute atomic E-state index is 0.158. The molecule has 96 valence electrons. The molecule has 0 saturated carbocycles. The second-order valence-electron chi connectivity index (χ2n) is 4.66. The molecular formula is C10H18N4O2S. The number of nitrogens with zero attached hydrogens (tertiary/aromatic N) is 4. The van der Waals surface area contributed by atoms with E-state index in [-0.39, 0.29) is 6.04 Å². The standard InChI is InChI=1S/C10H18N4O2S/c1-8(2)17(15,16)14-6-4-5-9(14)10-12-11-7-13(10)3/h7-9H,4-6H2,1-3H3. The summed E-state index contributed by atoms with van der Waals surface area (Å²) < 4.78 is 27.8. The molecule has 0 aromatic carbocycles. The fourth-order valence-electron chi connectivity index (χ4n) is 2.17. The lowest BCUT2D eigenvalue weighted by atomic mass is 10.2. The highest BCUT2D eigenvalue weighted by atomic mass is 32.2. The van der Waals surface area contributed by atoms with Crippen LogP contribution < -0.4 is 0 Å². The first-order chi connectivity index (χ1) is 7.94. The summed E-state index contributed by atoms with van der Waals surface area (Å²) in [5.74, 6) is 0.728. The van der Waals surface area contributed by atoms with E-state index in [0.29, 0.717) is 6.54 Å². The summed E-state index contributed by atoms with van der Waals surface area (Å²) in [5.41, 5.74) is 0. The van der Waals surface area contributed by atoms with Crippen LogP contribution in [0.4, 0.5) is 0 Å². The minimum atomic E-state index is -3.22. The molecule has 7 heteroatoms. The van der Waals surface area contributed by atoms with E-state index in [1.54, 1.807) is 29.0 Å². The Morgan fingerprint density at radius 1 is 1.47 bits per heavy atom. The third kappa shape index (κ3) is 2.09. The molecule has 0 radical (unpaired) electrons. The molecule has 0 aliphatic carbocycles. The van der Waals surface area contributed by atoms with Crippen LogP contribution in [0, 0.1) is 0 Å². The molecule has 1 fully saturated rings. The zero-order valence-electron chi connectivity index (χ0n) is 10.4. The Hall–Kier alpha value is -0.950. The van der Waals surface area contributed by atoms with Gasteiger partial charge < -0.3 is 4.57 Å². The molecule has 1 aliphatic heterocycles. The number of hydrogen-bond acceptors (Lipinski definition) is 4. The molecule has 0 N–H and O–H groups in total. The minimum Gasteiger partial charge on any atom is -0.319 e. The van der Waals surface area contributed by atoms with Crippen LogP contribution in [0.5, 0.6) is 0 Å². The Labute approximate surface area is 102 Å². The van der Waals surface area contributed by atoms with Crippen LogP contribution in [0.25, 0.3) is 0 Å². The summed E-state index contributed by atoms with van der Waals surface area (Å²) in [6, 6.07) is -0.158. The van der Waals surface area contributed by atoms with E-state index in [2.05, 4.69) is 10.2 Å². The number of hydrogen-bond donors (Lipinski definition) is 0. The van der Waals surface area contributed by atoms with Crippen molar-refractivity contribution in [2.45, 2.75) is 38.0 Å². The zero-order chi connectivity index (χ0) is 12.6. The van der Waals surface area contributed by atoms with Crippen molar-refractivity contribution in [2.24, 2.45) is 7.05 Å². The zero-order valence-corrected chi connectivity index (χ0v) is 11.2. The number of aryl methyl sites for hydroxylation is 1. The molecule has 0 spiro atoms. The van der Waals surface area contributed by atoms with Crippen molar-refractivity contribution in [1.82, 2.24) is 19.1 Å². The lowest BCUT2D eigenvalue weighted by Crippen LogP contribution is -2.36. The van der Waals surface area contributed by atoms with Gasteiger partial charge >= 0.3 is 0 Å². The van der Waals surface area contributed by atoms with Gasteiger partial charge in [0.2, 0.25) is 10.0 Å². The normalized spacial score (nSPS) is 22.5. The highest BCUT2D eigenvalue weighted by molar-refractivity contribution is 7.89. The maximum Gasteiger partial charge on any atom is 0.217 e. The van der Waals surface area contributed by atoms with Gasteiger partial charge in [-0.1, -0.05) is 0 Å². The van der Waals surface area contributed by atoms with Gasteiger partial charge in [-0.15, -0.1) is 10.2 Å². The molecule has 1 unspecified atom stereocenters. The van der Waals surface area contributed by atoms with Crippen molar-refractivity contribution in [3.05, 3.63) is 12.2 Å². The van der Waals surface area contributed by atoms with Crippen LogP contribution in [0.15, 0.2) is 6.33 Å². The van der Waals surface area contributed by atoms with Gasteiger partial charge in [0, 0.05) is 13.6 Å². The van der Waals surface area contributed by atoms with Gasteiger partial charge in [0.15, 0.2) is 5.82 Å². The fraction of sp³-hybridized carbons (Fsp3) is 0.800. The van der Waals surface area contributed by atoms with Gasteiger partial charge in [-0.2, -0.15) is 4.31 Å². The molecule has 2 heterocycles. The Bertz CT molecular complexity index is 494. The predicted octanol–water partition coefficient (Wildman–Crippen LogP) is 0.690. The fourth-order valence-corrected chi connectivity index (χ4v) is 3.65. The van der Waals surface area contributed by atoms with Gasteiger partial charge in [0.05, 0.1) is 11.3 Å². The summed E-state index contributed by atoms with van der Waals surface area (Å²) in [6.07, 6.45) is 3.30. The van der Waals surface area contributed by atoms with Crippen LogP contribution >= 0.6 is 0 Å². The van der Waals surface area contributed by atoms with E-state index in [1.807, 2.05) is 7.05 Å². The third-order valence-electron chi connectivity index (χ3n) is 3.17. The number of sulfonamides is 1. The van der Waals surface area contributed by atoms with E-state index in [1.165, 1.54) is 0 Å². The smallest absolute Gasteiger partial charge is 0.217 e. The Morgan fingerprint density at radius 2 is 2.18 bits per heavy atom. The molecule has 1 saturated heterocycles. The molecule has 2 rings (SSSR count). The lowest BCUT2D eigenvalue weighted by molar-refractivity contribution is 0.372. The highest BCUT2D eigenvalue weighted by Crippen LogP contribution is 2.33. The van der Waals surface area contributed by atoms with Crippen molar-refractivity contribution in [3.8, 4) is 0 Å². The summed E-state index contributed by atoms with van der Waals surface area (Å²) in [5, 5.41) is 7.45. The monoisotopic (exact) mass is 258 g/mol. The van der Waals surface area contributed by atoms with Crippen molar-refractivity contribution in [2.75, 3.05) is 6.54 Å². The molecular weight excluding hydrogens is 240 g/mol.